The second kappa shape index (κ2) is 33.0. The van der Waals surface area contributed by atoms with E-state index in [1.165, 1.54) is 16.7 Å². The first-order chi connectivity index (χ1) is 43.2. The Labute approximate surface area is 541 Å². The summed E-state index contributed by atoms with van der Waals surface area (Å²) in [6.45, 7) is 13.3. The van der Waals surface area contributed by atoms with Crippen molar-refractivity contribution in [3.8, 4) is 0 Å². The maximum Gasteiger partial charge on any atom is 0.369 e. The van der Waals surface area contributed by atoms with Crippen molar-refractivity contribution in [1.82, 2.24) is 30.6 Å². The maximum absolute atomic E-state index is 12.6. The van der Waals surface area contributed by atoms with Crippen LogP contribution in [0.1, 0.15) is 255 Å². The van der Waals surface area contributed by atoms with Gasteiger partial charge in [-0.25, -0.2) is 14.4 Å². The fourth-order valence-corrected chi connectivity index (χ4v) is 13.6. The molecule has 0 spiro atoms. The molecule has 0 atom stereocenters. The number of aromatic nitrogens is 6. The van der Waals surface area contributed by atoms with Gasteiger partial charge in [0.1, 0.15) is 26.2 Å². The number of aromatic carboxylic acids is 2. The summed E-state index contributed by atoms with van der Waals surface area (Å²) in [5.74, 6) is -1.76. The Morgan fingerprint density at radius 2 is 0.703 bits per heavy atom. The molecule has 3 fully saturated rings. The number of carbonyl (C=O) groups is 9. The standard InChI is InChI=1S/C25H32N2O5S.C23H28N2O5S.C19H20N2O5S/c1-5-31-24(30)23-27-26-21(33-23)15-20(28)19-12-10-18(11-13-19)17-8-6-16(7-9-17)14-22(29)32-25(2,3)4;1-23(2,3)30-20(27)12-14-4-6-15(7-5-14)16-8-10-17(11-9-16)18(26)13-19-24-25-21(31-19)22(28)29;22-15(10-16-20-21-18(27-16)19(25)26)14-7-5-13(6-8-14)12-3-1-11(2-4-12)9-17(23)24/h10-13,16-17H,5-9,14-15H2,1-4H3;8-11,14-15H,4-7,12-13H2,1-3H3,(H,28,29);5-8,11-12H,1-4,9-10H2,(H,23,24)(H,25,26). The second-order valence-electron chi connectivity index (χ2n) is 25.3. The fraction of sp³-hybridized carbons (Fsp3) is 0.507. The molecule has 486 valence electrons. The van der Waals surface area contributed by atoms with Gasteiger partial charge in [-0.05, 0) is 178 Å². The van der Waals surface area contributed by atoms with Crippen LogP contribution in [0.25, 0.3) is 0 Å². The van der Waals surface area contributed by atoms with E-state index in [1.807, 2.05) is 102 Å². The molecule has 6 aromatic rings. The lowest BCUT2D eigenvalue weighted by molar-refractivity contribution is -0.157. The number of Topliss-reactive ketones (excluding diaryl/α,β-unsaturated/α-hetero) is 3. The molecule has 0 aliphatic heterocycles. The van der Waals surface area contributed by atoms with Crippen molar-refractivity contribution < 1.29 is 72.7 Å². The topological polar surface area (TPSA) is 319 Å². The normalized spacial score (nSPS) is 19.0. The second-order valence-corrected chi connectivity index (χ2v) is 28.5. The average molecular weight is 1310 g/mol. The predicted octanol–water partition coefficient (Wildman–Crippen LogP) is 13.2. The Kier molecular flexibility index (Phi) is 25.6. The molecule has 3 aliphatic rings. The minimum absolute atomic E-state index is 0.0323. The van der Waals surface area contributed by atoms with Crippen LogP contribution in [0.15, 0.2) is 72.8 Å². The maximum atomic E-state index is 12.6. The first-order valence-corrected chi connectivity index (χ1v) is 33.3. The Balaban J connectivity index is 0.000000195. The third kappa shape index (κ3) is 22.8. The van der Waals surface area contributed by atoms with Crippen LogP contribution in [0, 0.1) is 17.8 Å². The summed E-state index contributed by atoms with van der Waals surface area (Å²) in [7, 11) is 0. The van der Waals surface area contributed by atoms with Gasteiger partial charge in [-0.3, -0.25) is 28.8 Å². The first-order valence-electron chi connectivity index (χ1n) is 30.8. The van der Waals surface area contributed by atoms with E-state index >= 15 is 0 Å². The minimum Gasteiger partial charge on any atom is -0.481 e. The summed E-state index contributed by atoms with van der Waals surface area (Å²) in [6, 6.07) is 22.9. The van der Waals surface area contributed by atoms with E-state index in [4.69, 9.17) is 29.5 Å². The number of esters is 3. The molecule has 3 aromatic carbocycles. The van der Waals surface area contributed by atoms with Gasteiger partial charge in [0, 0.05) is 36.0 Å². The van der Waals surface area contributed by atoms with Gasteiger partial charge in [-0.1, -0.05) is 107 Å². The molecule has 3 saturated carbocycles. The summed E-state index contributed by atoms with van der Waals surface area (Å²) in [5, 5.41) is 50.3. The molecule has 0 saturated heterocycles. The van der Waals surface area contributed by atoms with Gasteiger partial charge in [0.2, 0.25) is 15.0 Å². The van der Waals surface area contributed by atoms with Crippen LogP contribution in [0.2, 0.25) is 0 Å². The highest BCUT2D eigenvalue weighted by molar-refractivity contribution is 7.13. The van der Waals surface area contributed by atoms with Crippen LogP contribution in [0.4, 0.5) is 0 Å². The Morgan fingerprint density at radius 1 is 0.418 bits per heavy atom. The third-order valence-electron chi connectivity index (χ3n) is 16.0. The van der Waals surface area contributed by atoms with Crippen LogP contribution in [0.5, 0.6) is 0 Å². The van der Waals surface area contributed by atoms with Crippen LogP contribution in [-0.2, 0) is 47.9 Å². The highest BCUT2D eigenvalue weighted by Gasteiger charge is 2.30. The summed E-state index contributed by atoms with van der Waals surface area (Å²) in [4.78, 5) is 106. The van der Waals surface area contributed by atoms with Gasteiger partial charge < -0.3 is 29.5 Å². The van der Waals surface area contributed by atoms with Crippen molar-refractivity contribution in [2.24, 2.45) is 17.8 Å². The van der Waals surface area contributed by atoms with Crippen LogP contribution in [0.3, 0.4) is 0 Å². The van der Waals surface area contributed by atoms with Gasteiger partial charge in [-0.15, -0.1) is 30.6 Å². The van der Waals surface area contributed by atoms with E-state index in [1.54, 1.807) is 19.1 Å². The quantitative estimate of drug-likeness (QED) is 0.0323. The summed E-state index contributed by atoms with van der Waals surface area (Å²) in [6.07, 6.45) is 13.2. The number of rotatable bonds is 22. The zero-order valence-corrected chi connectivity index (χ0v) is 54.9. The number of carbonyl (C=O) groups excluding carboxylic acids is 6. The smallest absolute Gasteiger partial charge is 0.369 e. The number of benzene rings is 3. The monoisotopic (exact) mass is 1300 g/mol. The molecular weight excluding hydrogens is 1220 g/mol. The van der Waals surface area contributed by atoms with Gasteiger partial charge in [0.05, 0.1) is 25.9 Å². The number of carboxylic acid groups (broad SMARTS) is 3. The molecule has 0 amide bonds. The molecule has 21 nitrogen and oxygen atoms in total. The molecule has 3 aliphatic carbocycles. The first kappa shape index (κ1) is 70.6. The zero-order valence-electron chi connectivity index (χ0n) is 52.5. The number of hydrogen-bond acceptors (Lipinski definition) is 21. The molecule has 9 rings (SSSR count). The third-order valence-corrected chi connectivity index (χ3v) is 18.7. The van der Waals surface area contributed by atoms with E-state index in [0.717, 1.165) is 111 Å². The van der Waals surface area contributed by atoms with Crippen molar-refractivity contribution in [3.05, 3.63) is 136 Å². The Morgan fingerprint density at radius 3 is 0.967 bits per heavy atom. The van der Waals surface area contributed by atoms with E-state index < -0.39 is 35.1 Å². The van der Waals surface area contributed by atoms with Crippen LogP contribution in [-0.4, -0.2) is 117 Å². The number of ether oxygens (including phenoxy) is 3. The minimum atomic E-state index is -1.14. The Bertz CT molecular complexity index is 3470. The molecule has 0 radical (unpaired) electrons. The van der Waals surface area contributed by atoms with Crippen LogP contribution >= 0.6 is 34.0 Å². The lowest BCUT2D eigenvalue weighted by atomic mass is 9.77. The number of carboxylic acids is 3. The van der Waals surface area contributed by atoms with Crippen molar-refractivity contribution in [2.45, 2.75) is 193 Å². The highest BCUT2D eigenvalue weighted by Crippen LogP contribution is 2.40. The van der Waals surface area contributed by atoms with E-state index in [0.29, 0.717) is 74.1 Å². The van der Waals surface area contributed by atoms with E-state index in [-0.39, 0.29) is 82.5 Å². The van der Waals surface area contributed by atoms with E-state index in [9.17, 15) is 43.2 Å². The summed E-state index contributed by atoms with van der Waals surface area (Å²) < 4.78 is 15.8. The molecule has 24 heteroatoms. The van der Waals surface area contributed by atoms with Gasteiger partial charge in [-0.2, -0.15) is 0 Å². The van der Waals surface area contributed by atoms with Crippen molar-refractivity contribution in [1.29, 1.82) is 0 Å². The Hall–Kier alpha value is -7.83. The highest BCUT2D eigenvalue weighted by atomic mass is 32.1. The SMILES string of the molecule is CC(C)(C)OC(=O)CC1CCC(c2ccc(C(=O)Cc3nnc(C(=O)O)s3)cc2)CC1.CCOC(=O)c1nnc(CC(=O)c2ccc(C3CCC(CC(=O)OC(C)(C)C)CC3)cc2)s1.O=C(O)CC1CCC(c2ccc(C(=O)Cc3nnc(C(=O)O)s3)cc2)CC1. The number of ketones is 3. The van der Waals surface area contributed by atoms with Gasteiger partial charge in [0.15, 0.2) is 17.3 Å². The molecule has 3 N–H and O–H groups in total. The number of hydrogen-bond donors (Lipinski definition) is 3. The zero-order chi connectivity index (χ0) is 66.0. The van der Waals surface area contributed by atoms with Crippen LogP contribution < -0.4 is 0 Å². The number of nitrogens with zero attached hydrogens (tertiary/aromatic N) is 6. The summed E-state index contributed by atoms with van der Waals surface area (Å²) in [5.41, 5.74) is 4.48. The van der Waals surface area contributed by atoms with Crippen molar-refractivity contribution in [2.75, 3.05) is 6.61 Å². The molecule has 3 aromatic heterocycles. The molecular formula is C67H80N6O15S3. The largest absolute Gasteiger partial charge is 0.481 e. The molecule has 91 heavy (non-hydrogen) atoms. The number of aliphatic carboxylic acids is 1. The summed E-state index contributed by atoms with van der Waals surface area (Å²) >= 11 is 2.92. The molecule has 0 unspecified atom stereocenters. The van der Waals surface area contributed by atoms with E-state index in [2.05, 4.69) is 30.6 Å². The van der Waals surface area contributed by atoms with Gasteiger partial charge in [0.25, 0.3) is 0 Å². The molecule has 3 heterocycles. The lowest BCUT2D eigenvalue weighted by Crippen LogP contribution is -2.26. The lowest BCUT2D eigenvalue weighted by Gasteiger charge is -2.29. The van der Waals surface area contributed by atoms with Gasteiger partial charge >= 0.3 is 35.8 Å². The predicted molar refractivity (Wildman–Crippen MR) is 340 cm³/mol. The molecule has 0 bridgehead atoms. The average Bonchev–Trinajstić information content (AvgIpc) is 2.35. The van der Waals surface area contributed by atoms with Crippen molar-refractivity contribution in [3.63, 3.8) is 0 Å². The fourth-order valence-electron chi connectivity index (χ4n) is 11.5. The van der Waals surface area contributed by atoms with Crippen molar-refractivity contribution >= 4 is 87.2 Å².